The van der Waals surface area contributed by atoms with Crippen molar-refractivity contribution in [1.29, 1.82) is 0 Å². The molecular formula is C22H28N4O2. The minimum Gasteiger partial charge on any atom is -0.369 e. The van der Waals surface area contributed by atoms with E-state index in [2.05, 4.69) is 27.4 Å². The molecule has 1 aromatic carbocycles. The maximum Gasteiger partial charge on any atom is 0.268 e. The number of rotatable bonds is 8. The highest BCUT2D eigenvalue weighted by atomic mass is 16.2. The lowest BCUT2D eigenvalue weighted by atomic mass is 10.1. The molecule has 28 heavy (non-hydrogen) atoms. The number of amides is 1. The van der Waals surface area contributed by atoms with E-state index in [1.54, 1.807) is 16.9 Å². The van der Waals surface area contributed by atoms with E-state index in [-0.39, 0.29) is 17.4 Å². The van der Waals surface area contributed by atoms with Gasteiger partial charge in [-0.2, -0.15) is 5.10 Å². The Balaban J connectivity index is 1.23. The summed E-state index contributed by atoms with van der Waals surface area (Å²) in [6.07, 6.45) is 6.89. The van der Waals surface area contributed by atoms with Gasteiger partial charge < -0.3 is 10.2 Å². The molecule has 148 valence electrons. The van der Waals surface area contributed by atoms with Crippen LogP contribution < -0.4 is 15.8 Å². The molecule has 0 radical (unpaired) electrons. The van der Waals surface area contributed by atoms with Gasteiger partial charge >= 0.3 is 0 Å². The summed E-state index contributed by atoms with van der Waals surface area (Å²) in [7, 11) is 0. The van der Waals surface area contributed by atoms with Gasteiger partial charge in [0.25, 0.3) is 5.56 Å². The molecule has 1 aliphatic carbocycles. The molecule has 1 atom stereocenters. The van der Waals surface area contributed by atoms with E-state index in [1.807, 2.05) is 18.2 Å². The first-order valence-corrected chi connectivity index (χ1v) is 10.3. The maximum atomic E-state index is 12.5. The van der Waals surface area contributed by atoms with E-state index in [1.165, 1.54) is 18.4 Å². The average molecular weight is 380 g/mol. The number of hydrogen-bond acceptors (Lipinski definition) is 4. The molecule has 0 spiro atoms. The van der Waals surface area contributed by atoms with E-state index in [4.69, 9.17) is 0 Å². The second-order valence-corrected chi connectivity index (χ2v) is 7.99. The zero-order valence-corrected chi connectivity index (χ0v) is 16.2. The van der Waals surface area contributed by atoms with Gasteiger partial charge in [0.05, 0.1) is 17.8 Å². The summed E-state index contributed by atoms with van der Waals surface area (Å²) in [5, 5.41) is 7.39. The van der Waals surface area contributed by atoms with Crippen LogP contribution in [0.25, 0.3) is 0 Å². The molecule has 1 aliphatic heterocycles. The molecule has 6 heteroatoms. The molecule has 2 aromatic rings. The van der Waals surface area contributed by atoms with Crippen molar-refractivity contribution in [3.63, 3.8) is 0 Å². The lowest BCUT2D eigenvalue weighted by Gasteiger charge is -2.18. The van der Waals surface area contributed by atoms with Crippen LogP contribution in [-0.4, -0.2) is 35.3 Å². The third kappa shape index (κ3) is 4.80. The van der Waals surface area contributed by atoms with Crippen LogP contribution in [0.15, 0.2) is 47.4 Å². The van der Waals surface area contributed by atoms with E-state index >= 15 is 0 Å². The Kier molecular flexibility index (Phi) is 5.74. The summed E-state index contributed by atoms with van der Waals surface area (Å²) < 4.78 is 1.56. The third-order valence-electron chi connectivity index (χ3n) is 5.69. The highest BCUT2D eigenvalue weighted by molar-refractivity contribution is 5.80. The molecule has 6 nitrogen and oxygen atoms in total. The number of benzene rings is 1. The Bertz CT molecular complexity index is 860. The summed E-state index contributed by atoms with van der Waals surface area (Å²) in [5.74, 6) is 0.717. The van der Waals surface area contributed by atoms with Crippen LogP contribution in [0.5, 0.6) is 0 Å². The first-order chi connectivity index (χ1) is 13.7. The second-order valence-electron chi connectivity index (χ2n) is 7.99. The number of nitrogens with zero attached hydrogens (tertiary/aromatic N) is 3. The van der Waals surface area contributed by atoms with Crippen molar-refractivity contribution < 1.29 is 4.79 Å². The number of carbonyl (C=O) groups excluding carboxylic acids is 1. The van der Waals surface area contributed by atoms with Crippen molar-refractivity contribution in [2.45, 2.75) is 38.6 Å². The highest BCUT2D eigenvalue weighted by Crippen LogP contribution is 2.30. The Morgan fingerprint density at radius 3 is 2.75 bits per heavy atom. The van der Waals surface area contributed by atoms with E-state index in [9.17, 15) is 9.59 Å². The van der Waals surface area contributed by atoms with Gasteiger partial charge in [0.1, 0.15) is 0 Å². The molecule has 1 saturated carbocycles. The van der Waals surface area contributed by atoms with Gasteiger partial charge in [0.2, 0.25) is 5.91 Å². The van der Waals surface area contributed by atoms with Gasteiger partial charge in [-0.25, -0.2) is 4.68 Å². The Morgan fingerprint density at radius 1 is 1.18 bits per heavy atom. The molecule has 1 saturated heterocycles. The molecule has 2 heterocycles. The van der Waals surface area contributed by atoms with Crippen molar-refractivity contribution in [3.05, 3.63) is 58.5 Å². The number of aryl methyl sites for hydroxylation is 1. The SMILES string of the molecule is O=C(NCCCc1ccccc1)C1CCN(c2cnn(CC3CC3)c(=O)c2)C1. The van der Waals surface area contributed by atoms with Crippen LogP contribution in [0.3, 0.4) is 0 Å². The Labute approximate surface area is 165 Å². The van der Waals surface area contributed by atoms with Crippen molar-refractivity contribution >= 4 is 11.6 Å². The molecule has 1 amide bonds. The molecule has 0 bridgehead atoms. The second kappa shape index (κ2) is 8.59. The van der Waals surface area contributed by atoms with Gasteiger partial charge in [0, 0.05) is 32.2 Å². The monoisotopic (exact) mass is 380 g/mol. The normalized spacial score (nSPS) is 19.0. The number of anilines is 1. The van der Waals surface area contributed by atoms with Crippen molar-refractivity contribution in [3.8, 4) is 0 Å². The standard InChI is InChI=1S/C22H28N4O2/c27-21-13-20(14-24-26(21)15-18-8-9-18)25-12-10-19(16-25)22(28)23-11-4-7-17-5-2-1-3-6-17/h1-3,5-6,13-14,18-19H,4,7-12,15-16H2,(H,23,28). The van der Waals surface area contributed by atoms with Crippen molar-refractivity contribution in [2.75, 3.05) is 24.5 Å². The number of aromatic nitrogens is 2. The molecule has 2 fully saturated rings. The summed E-state index contributed by atoms with van der Waals surface area (Å²) in [6, 6.07) is 12.0. The van der Waals surface area contributed by atoms with Crippen LogP contribution in [0.2, 0.25) is 0 Å². The topological polar surface area (TPSA) is 67.2 Å². The predicted octanol–water partition coefficient (Wildman–Crippen LogP) is 2.23. The fraction of sp³-hybridized carbons (Fsp3) is 0.500. The number of nitrogens with one attached hydrogen (secondary N) is 1. The minimum absolute atomic E-state index is 0.0226. The molecule has 1 aromatic heterocycles. The van der Waals surface area contributed by atoms with Crippen molar-refractivity contribution in [1.82, 2.24) is 15.1 Å². The number of hydrogen-bond donors (Lipinski definition) is 1. The van der Waals surface area contributed by atoms with Gasteiger partial charge in [-0.3, -0.25) is 9.59 Å². The first kappa shape index (κ1) is 18.7. The van der Waals surface area contributed by atoms with E-state index < -0.39 is 0 Å². The molecule has 1 unspecified atom stereocenters. The third-order valence-corrected chi connectivity index (χ3v) is 5.69. The van der Waals surface area contributed by atoms with Crippen LogP contribution in [0.4, 0.5) is 5.69 Å². The van der Waals surface area contributed by atoms with Gasteiger partial charge in [0.15, 0.2) is 0 Å². The quantitative estimate of drug-likeness (QED) is 0.713. The zero-order valence-electron chi connectivity index (χ0n) is 16.2. The first-order valence-electron chi connectivity index (χ1n) is 10.3. The lowest BCUT2D eigenvalue weighted by Crippen LogP contribution is -2.34. The summed E-state index contributed by atoms with van der Waals surface area (Å²) in [4.78, 5) is 26.8. The Hall–Kier alpha value is -2.63. The fourth-order valence-electron chi connectivity index (χ4n) is 3.78. The molecular weight excluding hydrogens is 352 g/mol. The predicted molar refractivity (Wildman–Crippen MR) is 109 cm³/mol. The summed E-state index contributed by atoms with van der Waals surface area (Å²) in [6.45, 7) is 2.87. The maximum absolute atomic E-state index is 12.5. The smallest absolute Gasteiger partial charge is 0.268 e. The average Bonchev–Trinajstić information content (AvgIpc) is 3.39. The Morgan fingerprint density at radius 2 is 2.00 bits per heavy atom. The molecule has 2 aliphatic rings. The highest BCUT2D eigenvalue weighted by Gasteiger charge is 2.29. The summed E-state index contributed by atoms with van der Waals surface area (Å²) >= 11 is 0. The van der Waals surface area contributed by atoms with Crippen LogP contribution in [0.1, 0.15) is 31.2 Å². The largest absolute Gasteiger partial charge is 0.369 e. The van der Waals surface area contributed by atoms with Gasteiger partial charge in [-0.15, -0.1) is 0 Å². The summed E-state index contributed by atoms with van der Waals surface area (Å²) in [5.41, 5.74) is 2.09. The lowest BCUT2D eigenvalue weighted by molar-refractivity contribution is -0.124. The van der Waals surface area contributed by atoms with Gasteiger partial charge in [-0.1, -0.05) is 30.3 Å². The minimum atomic E-state index is -0.0433. The van der Waals surface area contributed by atoms with Crippen LogP contribution in [-0.2, 0) is 17.8 Å². The van der Waals surface area contributed by atoms with E-state index in [0.29, 0.717) is 19.0 Å². The van der Waals surface area contributed by atoms with Crippen LogP contribution >= 0.6 is 0 Å². The fourth-order valence-corrected chi connectivity index (χ4v) is 3.78. The number of carbonyl (C=O) groups is 1. The van der Waals surface area contributed by atoms with E-state index in [0.717, 1.165) is 38.0 Å². The molecule has 1 N–H and O–H groups in total. The molecule has 4 rings (SSSR count). The zero-order chi connectivity index (χ0) is 19.3. The van der Waals surface area contributed by atoms with Gasteiger partial charge in [-0.05, 0) is 43.6 Å². The van der Waals surface area contributed by atoms with Crippen LogP contribution in [0, 0.1) is 11.8 Å². The van der Waals surface area contributed by atoms with Crippen molar-refractivity contribution in [2.24, 2.45) is 11.8 Å².